The largest absolute Gasteiger partial charge is 0.493 e. The zero-order valence-corrected chi connectivity index (χ0v) is 18.1. The summed E-state index contributed by atoms with van der Waals surface area (Å²) in [5, 5.41) is 0. The van der Waals surface area contributed by atoms with Gasteiger partial charge in [-0.25, -0.2) is 0 Å². The van der Waals surface area contributed by atoms with Crippen LogP contribution < -0.4 is 9.47 Å². The number of hydrogen-bond donors (Lipinski definition) is 0. The Bertz CT molecular complexity index is 622. The lowest BCUT2D eigenvalue weighted by atomic mass is 9.84. The number of carbonyl (C=O) groups is 2. The molecule has 164 valence electrons. The van der Waals surface area contributed by atoms with Gasteiger partial charge < -0.3 is 28.4 Å². The lowest BCUT2D eigenvalue weighted by Crippen LogP contribution is -2.41. The predicted molar refractivity (Wildman–Crippen MR) is 106 cm³/mol. The summed E-state index contributed by atoms with van der Waals surface area (Å²) in [6.45, 7) is 7.87. The van der Waals surface area contributed by atoms with Gasteiger partial charge in [-0.15, -0.1) is 0 Å². The van der Waals surface area contributed by atoms with Crippen LogP contribution in [-0.4, -0.2) is 58.9 Å². The second-order valence-electron chi connectivity index (χ2n) is 5.90. The molecular weight excluding hydrogens is 380 g/mol. The average Bonchev–Trinajstić information content (AvgIpc) is 2.71. The van der Waals surface area contributed by atoms with Gasteiger partial charge in [0.15, 0.2) is 23.7 Å². The molecule has 8 nitrogen and oxygen atoms in total. The van der Waals surface area contributed by atoms with E-state index in [1.807, 2.05) is 0 Å². The number of rotatable bonds is 13. The Balaban J connectivity index is 3.58. The first-order chi connectivity index (χ1) is 14.0. The fourth-order valence-electron chi connectivity index (χ4n) is 3.00. The van der Waals surface area contributed by atoms with Gasteiger partial charge in [0.25, 0.3) is 0 Å². The molecule has 0 bridgehead atoms. The van der Waals surface area contributed by atoms with Gasteiger partial charge in [0.2, 0.25) is 0 Å². The third-order valence-electron chi connectivity index (χ3n) is 4.19. The van der Waals surface area contributed by atoms with Crippen molar-refractivity contribution in [2.24, 2.45) is 5.92 Å². The van der Waals surface area contributed by atoms with Crippen LogP contribution in [-0.2, 0) is 28.5 Å². The van der Waals surface area contributed by atoms with Gasteiger partial charge in [-0.2, -0.15) is 0 Å². The molecule has 0 heterocycles. The zero-order valence-electron chi connectivity index (χ0n) is 18.1. The number of esters is 2. The fraction of sp³-hybridized carbons (Fsp3) is 0.619. The molecule has 8 heteroatoms. The molecule has 1 atom stereocenters. The van der Waals surface area contributed by atoms with E-state index in [4.69, 9.17) is 28.4 Å². The van der Waals surface area contributed by atoms with Crippen LogP contribution in [0.2, 0.25) is 0 Å². The van der Waals surface area contributed by atoms with Crippen LogP contribution in [0.15, 0.2) is 18.2 Å². The van der Waals surface area contributed by atoms with Crippen molar-refractivity contribution in [1.82, 2.24) is 0 Å². The van der Waals surface area contributed by atoms with Crippen molar-refractivity contribution < 1.29 is 38.0 Å². The van der Waals surface area contributed by atoms with Crippen molar-refractivity contribution in [2.45, 2.75) is 39.9 Å². The number of benzene rings is 1. The maximum atomic E-state index is 12.8. The van der Waals surface area contributed by atoms with Gasteiger partial charge >= 0.3 is 11.9 Å². The van der Waals surface area contributed by atoms with Crippen molar-refractivity contribution in [3.63, 3.8) is 0 Å². The molecule has 0 aliphatic rings. The Kier molecular flexibility index (Phi) is 11.1. The van der Waals surface area contributed by atoms with Crippen molar-refractivity contribution >= 4 is 11.9 Å². The van der Waals surface area contributed by atoms with Crippen LogP contribution in [0, 0.1) is 5.92 Å². The first-order valence-corrected chi connectivity index (χ1v) is 9.77. The molecule has 1 unspecified atom stereocenters. The highest BCUT2D eigenvalue weighted by Gasteiger charge is 2.44. The quantitative estimate of drug-likeness (QED) is 0.278. The average molecular weight is 412 g/mol. The van der Waals surface area contributed by atoms with Gasteiger partial charge in [-0.05, 0) is 45.4 Å². The molecule has 1 aromatic rings. The molecule has 29 heavy (non-hydrogen) atoms. The van der Waals surface area contributed by atoms with Crippen molar-refractivity contribution in [3.8, 4) is 11.5 Å². The fourth-order valence-corrected chi connectivity index (χ4v) is 3.00. The Morgan fingerprint density at radius 1 is 0.793 bits per heavy atom. The molecule has 0 saturated carbocycles. The van der Waals surface area contributed by atoms with Crippen LogP contribution in [0.5, 0.6) is 11.5 Å². The highest BCUT2D eigenvalue weighted by Crippen LogP contribution is 2.37. The monoisotopic (exact) mass is 412 g/mol. The van der Waals surface area contributed by atoms with E-state index >= 15 is 0 Å². The molecule has 0 aromatic heterocycles. The second-order valence-corrected chi connectivity index (χ2v) is 5.90. The highest BCUT2D eigenvalue weighted by atomic mass is 16.7. The molecule has 0 amide bonds. The number of methoxy groups -OCH3 is 2. The second kappa shape index (κ2) is 13.0. The van der Waals surface area contributed by atoms with Gasteiger partial charge in [0.05, 0.1) is 33.4 Å². The van der Waals surface area contributed by atoms with E-state index in [-0.39, 0.29) is 13.2 Å². The van der Waals surface area contributed by atoms with Crippen LogP contribution in [0.4, 0.5) is 0 Å². The van der Waals surface area contributed by atoms with E-state index in [0.29, 0.717) is 30.3 Å². The van der Waals surface area contributed by atoms with Crippen molar-refractivity contribution in [3.05, 3.63) is 23.8 Å². The number of carbonyl (C=O) groups excluding carboxylic acids is 2. The Hall–Kier alpha value is -2.32. The molecule has 0 N–H and O–H groups in total. The van der Waals surface area contributed by atoms with E-state index in [1.165, 1.54) is 14.2 Å². The molecule has 1 aromatic carbocycles. The summed E-state index contributed by atoms with van der Waals surface area (Å²) in [5.74, 6) is -2.51. The maximum Gasteiger partial charge on any atom is 0.321 e. The maximum absolute atomic E-state index is 12.8. The van der Waals surface area contributed by atoms with Crippen LogP contribution >= 0.6 is 0 Å². The highest BCUT2D eigenvalue weighted by molar-refractivity contribution is 5.96. The number of ether oxygens (including phenoxy) is 6. The van der Waals surface area contributed by atoms with E-state index in [1.54, 1.807) is 45.9 Å². The molecule has 0 aliphatic heterocycles. The van der Waals surface area contributed by atoms with Crippen molar-refractivity contribution in [1.29, 1.82) is 0 Å². The summed E-state index contributed by atoms with van der Waals surface area (Å²) >= 11 is 0. The van der Waals surface area contributed by atoms with Crippen LogP contribution in [0.25, 0.3) is 0 Å². The number of hydrogen-bond acceptors (Lipinski definition) is 8. The topological polar surface area (TPSA) is 89.5 Å². The molecule has 1 rings (SSSR count). The van der Waals surface area contributed by atoms with Crippen LogP contribution in [0.3, 0.4) is 0 Å². The minimum Gasteiger partial charge on any atom is -0.493 e. The first kappa shape index (κ1) is 24.7. The molecule has 0 radical (unpaired) electrons. The Labute approximate surface area is 172 Å². The molecule has 0 aliphatic carbocycles. The standard InChI is InChI=1S/C21H32O8/c1-7-26-19(22)18(20(23)27-8-2)17(21(28-9-3)29-10-4)14-11-12-15(24-5)16(13-14)25-6/h11-13,17-18,21H,7-10H2,1-6H3. The first-order valence-electron chi connectivity index (χ1n) is 9.77. The zero-order chi connectivity index (χ0) is 21.8. The summed E-state index contributed by atoms with van der Waals surface area (Å²) in [6.07, 6.45) is -0.873. The van der Waals surface area contributed by atoms with Gasteiger partial charge in [0.1, 0.15) is 0 Å². The molecule has 0 spiro atoms. The van der Waals surface area contributed by atoms with Gasteiger partial charge in [0, 0.05) is 13.2 Å². The van der Waals surface area contributed by atoms with Crippen LogP contribution in [0.1, 0.15) is 39.2 Å². The minimum absolute atomic E-state index is 0.126. The Morgan fingerprint density at radius 2 is 1.31 bits per heavy atom. The lowest BCUT2D eigenvalue weighted by Gasteiger charge is -2.31. The van der Waals surface area contributed by atoms with E-state index in [2.05, 4.69) is 0 Å². The normalized spacial score (nSPS) is 12.0. The summed E-state index contributed by atoms with van der Waals surface area (Å²) in [7, 11) is 3.03. The summed E-state index contributed by atoms with van der Waals surface area (Å²) < 4.78 is 32.5. The summed E-state index contributed by atoms with van der Waals surface area (Å²) in [6, 6.07) is 5.13. The van der Waals surface area contributed by atoms with E-state index in [9.17, 15) is 9.59 Å². The molecule has 0 saturated heterocycles. The third-order valence-corrected chi connectivity index (χ3v) is 4.19. The van der Waals surface area contributed by atoms with Crippen molar-refractivity contribution in [2.75, 3.05) is 40.6 Å². The third kappa shape index (κ3) is 6.61. The smallest absolute Gasteiger partial charge is 0.321 e. The predicted octanol–water partition coefficient (Wildman–Crippen LogP) is 2.93. The molecule has 0 fully saturated rings. The van der Waals surface area contributed by atoms with E-state index in [0.717, 1.165) is 0 Å². The summed E-state index contributed by atoms with van der Waals surface area (Å²) in [4.78, 5) is 25.5. The lowest BCUT2D eigenvalue weighted by molar-refractivity contribution is -0.183. The minimum atomic E-state index is -1.27. The van der Waals surface area contributed by atoms with Gasteiger partial charge in [-0.3, -0.25) is 9.59 Å². The summed E-state index contributed by atoms with van der Waals surface area (Å²) in [5.41, 5.74) is 0.598. The SMILES string of the molecule is CCOC(=O)C(C(=O)OCC)C(c1ccc(OC)c(OC)c1)C(OCC)OCC. The molecular formula is C21H32O8. The van der Waals surface area contributed by atoms with E-state index < -0.39 is 30.1 Å². The van der Waals surface area contributed by atoms with Gasteiger partial charge in [-0.1, -0.05) is 6.07 Å². The Morgan fingerprint density at radius 3 is 1.72 bits per heavy atom.